The van der Waals surface area contributed by atoms with E-state index in [0.29, 0.717) is 28.8 Å². The molecule has 7 nitrogen and oxygen atoms in total. The number of rotatable bonds is 13. The Bertz CT molecular complexity index is 1310. The summed E-state index contributed by atoms with van der Waals surface area (Å²) < 4.78 is 28.2. The molecule has 0 N–H and O–H groups in total. The Labute approximate surface area is 222 Å². The Balaban J connectivity index is 1.93. The summed E-state index contributed by atoms with van der Waals surface area (Å²) in [6.07, 6.45) is 3.05. The minimum atomic E-state index is -3.75. The molecule has 0 aliphatic heterocycles. The highest BCUT2D eigenvalue weighted by Gasteiger charge is 2.25. The summed E-state index contributed by atoms with van der Waals surface area (Å²) in [6, 6.07) is 11.5. The Morgan fingerprint density at radius 3 is 2.25 bits per heavy atom. The van der Waals surface area contributed by atoms with E-state index in [1.165, 1.54) is 39.9 Å². The van der Waals surface area contributed by atoms with Crippen LogP contribution < -0.4 is 4.90 Å². The van der Waals surface area contributed by atoms with Crippen LogP contribution in [0.2, 0.25) is 5.02 Å². The molecule has 0 unspecified atom stereocenters. The zero-order valence-electron chi connectivity index (χ0n) is 20.6. The third kappa shape index (κ3) is 6.41. The van der Waals surface area contributed by atoms with Crippen LogP contribution in [-0.4, -0.2) is 67.8 Å². The summed E-state index contributed by atoms with van der Waals surface area (Å²) in [5, 5.41) is 1.18. The number of amides is 1. The number of carbonyl (C=O) groups excluding carboxylic acids is 1. The van der Waals surface area contributed by atoms with Gasteiger partial charge in [-0.25, -0.2) is 13.4 Å². The molecule has 36 heavy (non-hydrogen) atoms. The number of nitrogens with zero attached hydrogens (tertiary/aromatic N) is 4. The van der Waals surface area contributed by atoms with Gasteiger partial charge in [0.1, 0.15) is 0 Å². The van der Waals surface area contributed by atoms with Crippen LogP contribution >= 0.6 is 22.9 Å². The van der Waals surface area contributed by atoms with Crippen LogP contribution in [0.4, 0.5) is 5.13 Å². The molecule has 0 saturated carbocycles. The van der Waals surface area contributed by atoms with Gasteiger partial charge in [0.25, 0.3) is 5.91 Å². The molecule has 1 heterocycles. The van der Waals surface area contributed by atoms with E-state index in [-0.39, 0.29) is 23.9 Å². The van der Waals surface area contributed by atoms with Crippen LogP contribution in [0.5, 0.6) is 0 Å². The zero-order chi connectivity index (χ0) is 26.3. The van der Waals surface area contributed by atoms with Gasteiger partial charge in [0.2, 0.25) is 10.0 Å². The van der Waals surface area contributed by atoms with Gasteiger partial charge >= 0.3 is 0 Å². The first-order chi connectivity index (χ1) is 17.2. The average Bonchev–Trinajstić information content (AvgIpc) is 3.29. The quantitative estimate of drug-likeness (QED) is 0.272. The molecule has 1 amide bonds. The molecule has 2 aromatic carbocycles. The largest absolute Gasteiger partial charge is 0.302 e. The van der Waals surface area contributed by atoms with Gasteiger partial charge in [-0.1, -0.05) is 48.9 Å². The average molecular weight is 547 g/mol. The topological polar surface area (TPSA) is 73.8 Å². The first-order valence-electron chi connectivity index (χ1n) is 11.7. The first kappa shape index (κ1) is 28.0. The SMILES string of the molecule is C=CCN(CC=C)S(=O)(=O)c1ccc(C(=O)N(CCN(CC)CC)c2nc3ccc(Cl)cc3s2)cc1. The number of halogens is 1. The van der Waals surface area contributed by atoms with Crippen molar-refractivity contribution in [2.75, 3.05) is 44.2 Å². The number of carbonyl (C=O) groups is 1. The molecule has 0 spiro atoms. The third-order valence-electron chi connectivity index (χ3n) is 5.75. The van der Waals surface area contributed by atoms with Gasteiger partial charge < -0.3 is 4.90 Å². The Kier molecular flexibility index (Phi) is 9.81. The van der Waals surface area contributed by atoms with E-state index in [2.05, 4.69) is 36.9 Å². The maximum atomic E-state index is 13.6. The van der Waals surface area contributed by atoms with E-state index in [0.717, 1.165) is 23.3 Å². The fraction of sp³-hybridized carbons (Fsp3) is 0.308. The van der Waals surface area contributed by atoms with Gasteiger partial charge in [0.15, 0.2) is 5.13 Å². The van der Waals surface area contributed by atoms with Crippen LogP contribution in [0.25, 0.3) is 10.2 Å². The fourth-order valence-electron chi connectivity index (χ4n) is 3.70. The highest BCUT2D eigenvalue weighted by molar-refractivity contribution is 7.89. The van der Waals surface area contributed by atoms with Crippen LogP contribution in [0.15, 0.2) is 72.7 Å². The molecule has 0 aliphatic carbocycles. The van der Waals surface area contributed by atoms with Crippen molar-refractivity contribution in [3.8, 4) is 0 Å². The van der Waals surface area contributed by atoms with Crippen molar-refractivity contribution in [1.29, 1.82) is 0 Å². The third-order valence-corrected chi connectivity index (χ3v) is 8.88. The lowest BCUT2D eigenvalue weighted by Crippen LogP contribution is -2.39. The normalized spacial score (nSPS) is 11.8. The Morgan fingerprint density at radius 1 is 1.03 bits per heavy atom. The number of benzene rings is 2. The smallest absolute Gasteiger partial charge is 0.260 e. The molecule has 0 atom stereocenters. The van der Waals surface area contributed by atoms with E-state index in [4.69, 9.17) is 11.6 Å². The van der Waals surface area contributed by atoms with Crippen LogP contribution in [0.3, 0.4) is 0 Å². The highest BCUT2D eigenvalue weighted by atomic mass is 35.5. The Hall–Kier alpha value is -2.56. The molecule has 0 radical (unpaired) electrons. The van der Waals surface area contributed by atoms with Crippen LogP contribution in [0.1, 0.15) is 24.2 Å². The molecule has 0 fully saturated rings. The second kappa shape index (κ2) is 12.6. The molecular weight excluding hydrogens is 516 g/mol. The number of hydrogen-bond acceptors (Lipinski definition) is 6. The lowest BCUT2D eigenvalue weighted by molar-refractivity contribution is 0.0983. The lowest BCUT2D eigenvalue weighted by atomic mass is 10.2. The van der Waals surface area contributed by atoms with Gasteiger partial charge in [-0.2, -0.15) is 4.31 Å². The summed E-state index contributed by atoms with van der Waals surface area (Å²) in [5.74, 6) is -0.245. The number of aromatic nitrogens is 1. The molecule has 0 aliphatic rings. The van der Waals surface area contributed by atoms with Crippen molar-refractivity contribution in [3.05, 3.63) is 78.4 Å². The Morgan fingerprint density at radius 2 is 1.67 bits per heavy atom. The number of hydrogen-bond donors (Lipinski definition) is 0. The molecule has 0 bridgehead atoms. The number of likely N-dealkylation sites (N-methyl/N-ethyl adjacent to an activating group) is 1. The maximum Gasteiger partial charge on any atom is 0.260 e. The molecule has 10 heteroatoms. The summed E-state index contributed by atoms with van der Waals surface area (Å²) in [4.78, 5) is 22.3. The second-order valence-corrected chi connectivity index (χ2v) is 11.4. The van der Waals surface area contributed by atoms with E-state index < -0.39 is 10.0 Å². The molecule has 192 valence electrons. The predicted octanol–water partition coefficient (Wildman–Crippen LogP) is 5.30. The summed E-state index contributed by atoms with van der Waals surface area (Å²) in [5.41, 5.74) is 1.15. The molecule has 3 aromatic rings. The maximum absolute atomic E-state index is 13.6. The van der Waals surface area contributed by atoms with Gasteiger partial charge in [-0.05, 0) is 55.6 Å². The van der Waals surface area contributed by atoms with Gasteiger partial charge in [0.05, 0.1) is 15.1 Å². The molecule has 0 saturated heterocycles. The van der Waals surface area contributed by atoms with Crippen molar-refractivity contribution in [3.63, 3.8) is 0 Å². The molecule has 1 aromatic heterocycles. The summed E-state index contributed by atoms with van der Waals surface area (Å²) in [7, 11) is -3.75. The first-order valence-corrected chi connectivity index (χ1v) is 14.3. The van der Waals surface area contributed by atoms with Crippen molar-refractivity contribution in [2.45, 2.75) is 18.7 Å². The van der Waals surface area contributed by atoms with E-state index in [1.807, 2.05) is 12.1 Å². The monoisotopic (exact) mass is 546 g/mol. The number of sulfonamides is 1. The number of anilines is 1. The molecular formula is C26H31ClN4O3S2. The van der Waals surface area contributed by atoms with Crippen molar-refractivity contribution in [1.82, 2.24) is 14.2 Å². The minimum absolute atomic E-state index is 0.104. The zero-order valence-corrected chi connectivity index (χ0v) is 22.9. The number of thiazole rings is 1. The van der Waals surface area contributed by atoms with Crippen LogP contribution in [-0.2, 0) is 10.0 Å². The van der Waals surface area contributed by atoms with E-state index in [1.54, 1.807) is 23.1 Å². The second-order valence-electron chi connectivity index (χ2n) is 8.02. The van der Waals surface area contributed by atoms with E-state index >= 15 is 0 Å². The highest BCUT2D eigenvalue weighted by Crippen LogP contribution is 2.31. The lowest BCUT2D eigenvalue weighted by Gasteiger charge is -2.25. The predicted molar refractivity (Wildman–Crippen MR) is 150 cm³/mol. The van der Waals surface area contributed by atoms with E-state index in [9.17, 15) is 13.2 Å². The molecule has 3 rings (SSSR count). The van der Waals surface area contributed by atoms with Crippen LogP contribution in [0, 0.1) is 0 Å². The number of fused-ring (bicyclic) bond motifs is 1. The van der Waals surface area contributed by atoms with Crippen molar-refractivity contribution in [2.24, 2.45) is 0 Å². The minimum Gasteiger partial charge on any atom is -0.302 e. The van der Waals surface area contributed by atoms with Gasteiger partial charge in [-0.3, -0.25) is 9.69 Å². The standard InChI is InChI=1S/C26H31ClN4O3S2/c1-5-15-30(16-6-2)36(33,34)22-12-9-20(10-13-22)25(32)31(18-17-29(7-3)8-4)26-28-23-14-11-21(27)19-24(23)35-26/h5-6,9-14,19H,1-2,7-8,15-18H2,3-4H3. The van der Waals surface area contributed by atoms with Gasteiger partial charge in [0, 0.05) is 36.8 Å². The van der Waals surface area contributed by atoms with Gasteiger partial charge in [-0.15, -0.1) is 13.2 Å². The summed E-state index contributed by atoms with van der Waals surface area (Å²) >= 11 is 7.55. The van der Waals surface area contributed by atoms with Crippen molar-refractivity contribution >= 4 is 54.2 Å². The van der Waals surface area contributed by atoms with Crippen molar-refractivity contribution < 1.29 is 13.2 Å². The fourth-order valence-corrected chi connectivity index (χ4v) is 6.35. The summed E-state index contributed by atoms with van der Waals surface area (Å²) in [6.45, 7) is 14.6.